The normalized spacial score (nSPS) is 16.1. The Bertz CT molecular complexity index is 1630. The van der Waals surface area contributed by atoms with Crippen molar-refractivity contribution in [1.82, 2.24) is 19.8 Å². The second-order valence-electron chi connectivity index (χ2n) is 12.2. The minimum atomic E-state index is -4.02. The Labute approximate surface area is 276 Å². The van der Waals surface area contributed by atoms with Gasteiger partial charge in [0.15, 0.2) is 0 Å². The number of carbonyl (C=O) groups is 2. The summed E-state index contributed by atoms with van der Waals surface area (Å²) in [4.78, 5) is 28.3. The Hall–Kier alpha value is -4.07. The van der Waals surface area contributed by atoms with Gasteiger partial charge in [0, 0.05) is 37.0 Å². The van der Waals surface area contributed by atoms with Crippen molar-refractivity contribution in [2.24, 2.45) is 5.92 Å². The largest absolute Gasteiger partial charge is 0.392 e. The second-order valence-corrected chi connectivity index (χ2v) is 14.1. The molecule has 0 radical (unpaired) electrons. The van der Waals surface area contributed by atoms with Crippen LogP contribution in [0.25, 0.3) is 0 Å². The van der Waals surface area contributed by atoms with Gasteiger partial charge in [0.2, 0.25) is 10.0 Å². The zero-order valence-electron chi connectivity index (χ0n) is 27.0. The quantitative estimate of drug-likeness (QED) is 0.194. The first kappa shape index (κ1) is 35.8. The lowest BCUT2D eigenvalue weighted by molar-refractivity contribution is 0.0543. The van der Waals surface area contributed by atoms with Crippen LogP contribution in [0.4, 0.5) is 0 Å². The summed E-state index contributed by atoms with van der Waals surface area (Å²) in [6.07, 6.45) is -1.42. The first-order chi connectivity index (χ1) is 22.4. The third kappa shape index (κ3) is 9.72. The Balaban J connectivity index is 1.54. The molecule has 1 saturated heterocycles. The lowest BCUT2D eigenvalue weighted by Gasteiger charge is -2.31. The third-order valence-electron chi connectivity index (χ3n) is 7.76. The van der Waals surface area contributed by atoms with Crippen molar-refractivity contribution in [3.63, 3.8) is 0 Å². The van der Waals surface area contributed by atoms with Crippen LogP contribution in [0, 0.1) is 5.92 Å². The molecule has 3 aromatic rings. The van der Waals surface area contributed by atoms with Crippen molar-refractivity contribution in [2.45, 2.75) is 50.1 Å². The summed E-state index contributed by atoms with van der Waals surface area (Å²) in [5, 5.41) is 26.9. The lowest BCUT2D eigenvalue weighted by atomic mass is 10.00. The fourth-order valence-electron chi connectivity index (χ4n) is 5.29. The molecule has 0 unspecified atom stereocenters. The van der Waals surface area contributed by atoms with Gasteiger partial charge in [-0.25, -0.2) is 8.42 Å². The predicted molar refractivity (Wildman–Crippen MR) is 179 cm³/mol. The summed E-state index contributed by atoms with van der Waals surface area (Å²) in [6.45, 7) is 7.89. The van der Waals surface area contributed by atoms with E-state index in [1.165, 1.54) is 27.4 Å². The highest BCUT2D eigenvalue weighted by atomic mass is 32.2. The molecule has 2 amide bonds. The van der Waals surface area contributed by atoms with Gasteiger partial charge in [-0.1, -0.05) is 69.0 Å². The number of hydrogen-bond donors (Lipinski definition) is 4. The zero-order valence-corrected chi connectivity index (χ0v) is 27.8. The number of nitrogens with zero attached hydrogens (tertiary/aromatic N) is 2. The summed E-state index contributed by atoms with van der Waals surface area (Å²) in [5.74, 6) is -0.869. The number of aliphatic hydroxyl groups excluding tert-OH is 2. The average Bonchev–Trinajstić information content (AvgIpc) is 3.47. The average molecular weight is 665 g/mol. The summed E-state index contributed by atoms with van der Waals surface area (Å²) >= 11 is 0. The van der Waals surface area contributed by atoms with Crippen molar-refractivity contribution < 1.29 is 33.0 Å². The maximum Gasteiger partial charge on any atom is 0.253 e. The Morgan fingerprint density at radius 3 is 2.30 bits per heavy atom. The van der Waals surface area contributed by atoms with Crippen LogP contribution < -0.4 is 10.6 Å². The van der Waals surface area contributed by atoms with E-state index in [1.54, 1.807) is 37.4 Å². The number of likely N-dealkylation sites (N-methyl/N-ethyl adjacent to an activating group) is 1. The number of aliphatic hydroxyl groups is 2. The number of carbonyl (C=O) groups excluding carboxylic acids is 2. The topological polar surface area (TPSA) is 149 Å². The molecule has 252 valence electrons. The van der Waals surface area contributed by atoms with E-state index in [0.29, 0.717) is 17.7 Å². The molecule has 3 atom stereocenters. The minimum absolute atomic E-state index is 0.0397. The van der Waals surface area contributed by atoms with Crippen LogP contribution >= 0.6 is 0 Å². The van der Waals surface area contributed by atoms with Gasteiger partial charge in [0.25, 0.3) is 11.8 Å². The summed E-state index contributed by atoms with van der Waals surface area (Å²) in [6, 6.07) is 20.7. The second kappa shape index (κ2) is 16.2. The summed E-state index contributed by atoms with van der Waals surface area (Å²) < 4.78 is 34.2. The van der Waals surface area contributed by atoms with E-state index >= 15 is 0 Å². The fraction of sp³-hybridized carbons (Fsp3) is 0.371. The predicted octanol–water partition coefficient (Wildman–Crippen LogP) is 2.76. The highest BCUT2D eigenvalue weighted by Crippen LogP contribution is 2.20. The first-order valence-corrected chi connectivity index (χ1v) is 17.0. The molecule has 1 aliphatic heterocycles. The lowest BCUT2D eigenvalue weighted by Crippen LogP contribution is -2.51. The van der Waals surface area contributed by atoms with Gasteiger partial charge in [0.1, 0.15) is 6.23 Å². The molecule has 12 heteroatoms. The maximum atomic E-state index is 13.7. The molecule has 4 N–H and O–H groups in total. The molecule has 3 aromatic carbocycles. The smallest absolute Gasteiger partial charge is 0.253 e. The van der Waals surface area contributed by atoms with Crippen LogP contribution in [-0.2, 0) is 27.8 Å². The molecule has 1 aliphatic rings. The molecular formula is C35H44N4O7S. The molecule has 0 aromatic heterocycles. The standard InChI is InChI=1S/C35H44N4O7S/c1-24(2)19-39(47(44,45)30-15-13-27(22-40)14-16-30)20-32(41)31(17-26-9-6-5-7-10-26)37-34(42)28-11-8-12-29(18-28)35(43)38(4)21-33-36-25(3)23-46-33/h5-16,18,24,31-33,36,40-41H,3,17,19-23H2,1-2,4H3,(H,37,42)/t31-,32+,33+/m0/s1. The summed E-state index contributed by atoms with van der Waals surface area (Å²) in [7, 11) is -2.38. The number of amides is 2. The molecule has 11 nitrogen and oxygen atoms in total. The van der Waals surface area contributed by atoms with Crippen molar-refractivity contribution in [3.8, 4) is 0 Å². The van der Waals surface area contributed by atoms with Crippen LogP contribution in [-0.4, -0.2) is 91.3 Å². The third-order valence-corrected chi connectivity index (χ3v) is 9.61. The van der Waals surface area contributed by atoms with Gasteiger partial charge in [0.05, 0.1) is 36.8 Å². The van der Waals surface area contributed by atoms with Crippen molar-refractivity contribution in [2.75, 3.05) is 33.3 Å². The minimum Gasteiger partial charge on any atom is -0.392 e. The molecule has 47 heavy (non-hydrogen) atoms. The fourth-order valence-corrected chi connectivity index (χ4v) is 6.91. The number of hydrogen-bond acceptors (Lipinski definition) is 8. The van der Waals surface area contributed by atoms with Crippen molar-refractivity contribution in [1.29, 1.82) is 0 Å². The van der Waals surface area contributed by atoms with Gasteiger partial charge in [-0.05, 0) is 53.8 Å². The highest BCUT2D eigenvalue weighted by Gasteiger charge is 2.32. The van der Waals surface area contributed by atoms with Gasteiger partial charge >= 0.3 is 0 Å². The van der Waals surface area contributed by atoms with E-state index in [0.717, 1.165) is 11.3 Å². The SMILES string of the molecule is C=C1CO[C@H](CN(C)C(=O)c2cccc(C(=O)N[C@@H](Cc3ccccc3)[C@H](O)CN(CC(C)C)S(=O)(=O)c3ccc(CO)cc3)c2)N1. The molecule has 0 spiro atoms. The monoisotopic (exact) mass is 664 g/mol. The first-order valence-electron chi connectivity index (χ1n) is 15.5. The van der Waals surface area contributed by atoms with Gasteiger partial charge < -0.3 is 30.5 Å². The zero-order chi connectivity index (χ0) is 34.1. The van der Waals surface area contributed by atoms with Gasteiger partial charge in [-0.3, -0.25) is 9.59 Å². The number of sulfonamides is 1. The van der Waals surface area contributed by atoms with Crippen LogP contribution in [0.1, 0.15) is 45.7 Å². The Morgan fingerprint density at radius 1 is 1.00 bits per heavy atom. The number of rotatable bonds is 15. The number of ether oxygens (including phenoxy) is 1. The highest BCUT2D eigenvalue weighted by molar-refractivity contribution is 7.89. The van der Waals surface area contributed by atoms with E-state index in [9.17, 15) is 28.2 Å². The number of benzene rings is 3. The van der Waals surface area contributed by atoms with Gasteiger partial charge in [-0.15, -0.1) is 0 Å². The molecule has 0 saturated carbocycles. The van der Waals surface area contributed by atoms with E-state index in [2.05, 4.69) is 17.2 Å². The van der Waals surface area contributed by atoms with Crippen molar-refractivity contribution in [3.05, 3.63) is 113 Å². The molecule has 4 rings (SSSR count). The van der Waals surface area contributed by atoms with Crippen LogP contribution in [0.15, 0.2) is 96.0 Å². The molecular weight excluding hydrogens is 620 g/mol. The van der Waals surface area contributed by atoms with Crippen LogP contribution in [0.3, 0.4) is 0 Å². The van der Waals surface area contributed by atoms with E-state index in [1.807, 2.05) is 44.2 Å². The molecule has 1 heterocycles. The maximum absolute atomic E-state index is 13.7. The Morgan fingerprint density at radius 2 is 1.68 bits per heavy atom. The molecule has 1 fully saturated rings. The van der Waals surface area contributed by atoms with Crippen LogP contribution in [0.5, 0.6) is 0 Å². The number of nitrogens with one attached hydrogen (secondary N) is 2. The molecule has 0 aliphatic carbocycles. The molecule has 0 bridgehead atoms. The van der Waals surface area contributed by atoms with E-state index < -0.39 is 28.1 Å². The van der Waals surface area contributed by atoms with Crippen LogP contribution in [0.2, 0.25) is 0 Å². The van der Waals surface area contributed by atoms with Crippen molar-refractivity contribution >= 4 is 21.8 Å². The summed E-state index contributed by atoms with van der Waals surface area (Å²) in [5.41, 5.74) is 2.68. The Kier molecular flexibility index (Phi) is 12.3. The van der Waals surface area contributed by atoms with E-state index in [-0.39, 0.29) is 61.2 Å². The van der Waals surface area contributed by atoms with E-state index in [4.69, 9.17) is 4.74 Å². The van der Waals surface area contributed by atoms with Gasteiger partial charge in [-0.2, -0.15) is 4.31 Å².